The Morgan fingerprint density at radius 3 is 1.67 bits per heavy atom. The second-order valence-electron chi connectivity index (χ2n) is 0.947. The van der Waals surface area contributed by atoms with Crippen molar-refractivity contribution in [2.24, 2.45) is 11.5 Å². The number of hydrogen-bond acceptors (Lipinski definition) is 3. The van der Waals surface area contributed by atoms with E-state index in [9.17, 15) is 4.79 Å². The fourth-order valence-corrected chi connectivity index (χ4v) is 0.0833. The van der Waals surface area contributed by atoms with Crippen LogP contribution in [0.5, 0.6) is 0 Å². The first-order valence-electron chi connectivity index (χ1n) is 1.73. The van der Waals surface area contributed by atoms with Gasteiger partial charge in [-0.3, -0.25) is 4.79 Å². The first kappa shape index (κ1) is 5.59. The minimum atomic E-state index is -0.102. The van der Waals surface area contributed by atoms with Crippen molar-refractivity contribution >= 4 is 5.78 Å². The largest absolute Gasteiger partial charge is 0.324 e. The van der Waals surface area contributed by atoms with Gasteiger partial charge in [-0.15, -0.1) is 0 Å². The van der Waals surface area contributed by atoms with Crippen LogP contribution in [0, 0.1) is 0 Å². The Hall–Kier alpha value is -0.410. The zero-order valence-corrected chi connectivity index (χ0v) is 3.48. The molecule has 0 atom stereocenters. The highest BCUT2D eigenvalue weighted by Gasteiger charge is 1.87. The molecule has 0 aliphatic rings. The highest BCUT2D eigenvalue weighted by atomic mass is 16.1. The van der Waals surface area contributed by atoms with Crippen LogP contribution in [0.25, 0.3) is 0 Å². The third-order valence-electron chi connectivity index (χ3n) is 0.455. The third-order valence-corrected chi connectivity index (χ3v) is 0.455. The molecule has 0 amide bonds. The first-order valence-corrected chi connectivity index (χ1v) is 1.73. The molecule has 0 rings (SSSR count). The molecule has 3 heteroatoms. The van der Waals surface area contributed by atoms with Crippen LogP contribution < -0.4 is 11.5 Å². The van der Waals surface area contributed by atoms with Crippen LogP contribution in [0.3, 0.4) is 0 Å². The summed E-state index contributed by atoms with van der Waals surface area (Å²) in [5, 5.41) is 0. The van der Waals surface area contributed by atoms with E-state index in [-0.39, 0.29) is 18.9 Å². The molecule has 0 saturated heterocycles. The van der Waals surface area contributed by atoms with Crippen LogP contribution in [0.15, 0.2) is 0 Å². The zero-order chi connectivity index (χ0) is 4.99. The number of Topliss-reactive ketones (excluding diaryl/α,β-unsaturated/α-hetero) is 1. The molecular formula is C3H8N2O. The Balaban J connectivity index is 2.99. The Morgan fingerprint density at radius 2 is 1.67 bits per heavy atom. The lowest BCUT2D eigenvalue weighted by Crippen LogP contribution is -2.22. The Morgan fingerprint density at radius 1 is 1.33 bits per heavy atom. The number of hydrogen-bond donors (Lipinski definition) is 2. The molecule has 4 N–H and O–H groups in total. The molecule has 6 heavy (non-hydrogen) atoms. The van der Waals surface area contributed by atoms with E-state index >= 15 is 0 Å². The predicted molar refractivity (Wildman–Crippen MR) is 23.1 cm³/mol. The summed E-state index contributed by atoms with van der Waals surface area (Å²) in [6, 6.07) is 0. The standard InChI is InChI=1S/C3H8N2O/c4-1-3(6)2-5/h1-2,4-5H2. The van der Waals surface area contributed by atoms with Crippen molar-refractivity contribution in [2.45, 2.75) is 0 Å². The molecule has 0 spiro atoms. The molecule has 0 unspecified atom stereocenters. The van der Waals surface area contributed by atoms with E-state index in [0.29, 0.717) is 0 Å². The van der Waals surface area contributed by atoms with Gasteiger partial charge in [-0.1, -0.05) is 0 Å². The monoisotopic (exact) mass is 88.1 g/mol. The van der Waals surface area contributed by atoms with Crippen LogP contribution in [0.1, 0.15) is 0 Å². The molecule has 0 aromatic heterocycles. The molecule has 0 aromatic rings. The van der Waals surface area contributed by atoms with Gasteiger partial charge in [0.2, 0.25) is 0 Å². The Bertz CT molecular complexity index is 46.8. The van der Waals surface area contributed by atoms with Gasteiger partial charge in [0.15, 0.2) is 5.78 Å². The fraction of sp³-hybridized carbons (Fsp3) is 0.667. The molecule has 3 nitrogen and oxygen atoms in total. The molecule has 0 fully saturated rings. The van der Waals surface area contributed by atoms with Crippen molar-refractivity contribution in [3.05, 3.63) is 0 Å². The molecule has 0 heterocycles. The van der Waals surface area contributed by atoms with Gasteiger partial charge in [0.25, 0.3) is 0 Å². The second kappa shape index (κ2) is 2.81. The fourth-order valence-electron chi connectivity index (χ4n) is 0.0833. The van der Waals surface area contributed by atoms with Gasteiger partial charge in [-0.2, -0.15) is 0 Å². The minimum absolute atomic E-state index is 0.0660. The SMILES string of the molecule is NCC(=O)CN. The number of carbonyl (C=O) groups excluding carboxylic acids is 1. The molecule has 0 aromatic carbocycles. The highest BCUT2D eigenvalue weighted by Crippen LogP contribution is 1.52. The van der Waals surface area contributed by atoms with Crippen LogP contribution in [-0.2, 0) is 4.79 Å². The minimum Gasteiger partial charge on any atom is -0.324 e. The maximum absolute atomic E-state index is 9.93. The average molecular weight is 88.1 g/mol. The lowest BCUT2D eigenvalue weighted by molar-refractivity contribution is -0.116. The second-order valence-corrected chi connectivity index (χ2v) is 0.947. The summed E-state index contributed by atoms with van der Waals surface area (Å²) in [6.07, 6.45) is 0. The molecule has 0 saturated carbocycles. The highest BCUT2D eigenvalue weighted by molar-refractivity contribution is 5.81. The van der Waals surface area contributed by atoms with Crippen molar-refractivity contribution in [3.63, 3.8) is 0 Å². The maximum Gasteiger partial charge on any atom is 0.159 e. The van der Waals surface area contributed by atoms with E-state index < -0.39 is 0 Å². The Labute approximate surface area is 36.3 Å². The summed E-state index contributed by atoms with van der Waals surface area (Å²) in [5.74, 6) is -0.102. The molecule has 36 valence electrons. The van der Waals surface area contributed by atoms with Gasteiger partial charge in [-0.05, 0) is 0 Å². The van der Waals surface area contributed by atoms with Gasteiger partial charge in [0, 0.05) is 0 Å². The predicted octanol–water partition coefficient (Wildman–Crippen LogP) is -1.53. The van der Waals surface area contributed by atoms with Crippen LogP contribution in [-0.4, -0.2) is 18.9 Å². The summed E-state index contributed by atoms with van der Waals surface area (Å²) in [5.41, 5.74) is 9.71. The summed E-state index contributed by atoms with van der Waals surface area (Å²) >= 11 is 0. The normalized spacial score (nSPS) is 8.33. The lowest BCUT2D eigenvalue weighted by atomic mass is 10.4. The number of carbonyl (C=O) groups is 1. The van der Waals surface area contributed by atoms with E-state index in [1.54, 1.807) is 0 Å². The van der Waals surface area contributed by atoms with Crippen LogP contribution in [0.2, 0.25) is 0 Å². The van der Waals surface area contributed by atoms with Gasteiger partial charge in [0.1, 0.15) is 0 Å². The Kier molecular flexibility index (Phi) is 2.62. The van der Waals surface area contributed by atoms with Crippen molar-refractivity contribution in [3.8, 4) is 0 Å². The number of ketones is 1. The first-order chi connectivity index (χ1) is 2.81. The summed E-state index contributed by atoms with van der Waals surface area (Å²) < 4.78 is 0. The molecule has 0 aliphatic heterocycles. The van der Waals surface area contributed by atoms with E-state index in [1.807, 2.05) is 0 Å². The van der Waals surface area contributed by atoms with Gasteiger partial charge in [0.05, 0.1) is 13.1 Å². The van der Waals surface area contributed by atoms with Crippen LogP contribution in [0.4, 0.5) is 0 Å². The number of rotatable bonds is 2. The van der Waals surface area contributed by atoms with Crippen LogP contribution >= 0.6 is 0 Å². The molecule has 0 aliphatic carbocycles. The summed E-state index contributed by atoms with van der Waals surface area (Å²) in [7, 11) is 0. The summed E-state index contributed by atoms with van der Waals surface area (Å²) in [6.45, 7) is 0.132. The molecular weight excluding hydrogens is 80.0 g/mol. The smallest absolute Gasteiger partial charge is 0.159 e. The van der Waals surface area contributed by atoms with Crippen molar-refractivity contribution in [1.82, 2.24) is 0 Å². The van der Waals surface area contributed by atoms with Gasteiger partial charge < -0.3 is 11.5 Å². The van der Waals surface area contributed by atoms with Crippen molar-refractivity contribution < 1.29 is 4.79 Å². The zero-order valence-electron chi connectivity index (χ0n) is 3.48. The lowest BCUT2D eigenvalue weighted by Gasteiger charge is -1.82. The van der Waals surface area contributed by atoms with E-state index in [0.717, 1.165) is 0 Å². The van der Waals surface area contributed by atoms with E-state index in [4.69, 9.17) is 11.5 Å². The van der Waals surface area contributed by atoms with Crippen molar-refractivity contribution in [1.29, 1.82) is 0 Å². The number of nitrogens with two attached hydrogens (primary N) is 2. The average Bonchev–Trinajstić information content (AvgIpc) is 1.65. The van der Waals surface area contributed by atoms with E-state index in [1.165, 1.54) is 0 Å². The topological polar surface area (TPSA) is 69.1 Å². The third kappa shape index (κ3) is 1.87. The quantitative estimate of drug-likeness (QED) is 0.430. The summed E-state index contributed by atoms with van der Waals surface area (Å²) in [4.78, 5) is 9.93. The van der Waals surface area contributed by atoms with Crippen molar-refractivity contribution in [2.75, 3.05) is 13.1 Å². The van der Waals surface area contributed by atoms with E-state index in [2.05, 4.69) is 0 Å². The van der Waals surface area contributed by atoms with Gasteiger partial charge in [-0.25, -0.2) is 0 Å². The molecule has 0 bridgehead atoms. The van der Waals surface area contributed by atoms with Gasteiger partial charge >= 0.3 is 0 Å². The maximum atomic E-state index is 9.93. The molecule has 0 radical (unpaired) electrons.